The van der Waals surface area contributed by atoms with Crippen LogP contribution in [0, 0.1) is 6.92 Å². The lowest BCUT2D eigenvalue weighted by molar-refractivity contribution is 0.261. The summed E-state index contributed by atoms with van der Waals surface area (Å²) in [5.74, 6) is 1.15. The van der Waals surface area contributed by atoms with Crippen LogP contribution < -0.4 is 10.6 Å². The van der Waals surface area contributed by atoms with Crippen LogP contribution in [-0.4, -0.2) is 34.1 Å². The lowest BCUT2D eigenvalue weighted by atomic mass is 9.99. The second kappa shape index (κ2) is 5.71. The van der Waals surface area contributed by atoms with Crippen molar-refractivity contribution < 1.29 is 5.11 Å². The van der Waals surface area contributed by atoms with Gasteiger partial charge in [-0.2, -0.15) is 5.10 Å². The van der Waals surface area contributed by atoms with Crippen LogP contribution in [0.4, 0.5) is 5.82 Å². The Hall–Kier alpha value is -1.07. The number of aromatic nitrogens is 2. The predicted molar refractivity (Wildman–Crippen MR) is 72.5 cm³/mol. The highest BCUT2D eigenvalue weighted by Gasteiger charge is 2.27. The molecule has 3 N–H and O–H groups in total. The molecule has 0 radical (unpaired) electrons. The zero-order chi connectivity index (χ0) is 13.1. The highest BCUT2D eigenvalue weighted by Crippen LogP contribution is 2.30. The molecule has 5 nitrogen and oxygen atoms in total. The molecule has 1 saturated heterocycles. The molecule has 0 amide bonds. The summed E-state index contributed by atoms with van der Waals surface area (Å²) in [6.07, 6.45) is 4.43. The van der Waals surface area contributed by atoms with E-state index in [-0.39, 0.29) is 6.61 Å². The maximum absolute atomic E-state index is 9.21. The number of aryl methyl sites for hydroxylation is 2. The van der Waals surface area contributed by atoms with Crippen molar-refractivity contribution in [3.05, 3.63) is 11.3 Å². The van der Waals surface area contributed by atoms with Crippen LogP contribution >= 0.6 is 0 Å². The molecule has 1 unspecified atom stereocenters. The van der Waals surface area contributed by atoms with Crippen LogP contribution in [-0.2, 0) is 13.6 Å². The Bertz CT molecular complexity index is 400. The summed E-state index contributed by atoms with van der Waals surface area (Å²) in [6, 6.07) is 0.420. The van der Waals surface area contributed by atoms with Gasteiger partial charge in [0.15, 0.2) is 0 Å². The summed E-state index contributed by atoms with van der Waals surface area (Å²) in [6.45, 7) is 3.82. The Morgan fingerprint density at radius 2 is 2.22 bits per heavy atom. The van der Waals surface area contributed by atoms with Crippen molar-refractivity contribution in [1.82, 2.24) is 9.78 Å². The quantitative estimate of drug-likeness (QED) is 0.836. The number of piperidine rings is 1. The van der Waals surface area contributed by atoms with Gasteiger partial charge in [0.1, 0.15) is 5.82 Å². The van der Waals surface area contributed by atoms with E-state index in [2.05, 4.69) is 10.00 Å². The second-order valence-electron chi connectivity index (χ2n) is 5.07. The highest BCUT2D eigenvalue weighted by atomic mass is 16.3. The van der Waals surface area contributed by atoms with Gasteiger partial charge in [-0.1, -0.05) is 0 Å². The van der Waals surface area contributed by atoms with Crippen LogP contribution in [0.3, 0.4) is 0 Å². The first-order valence-electron chi connectivity index (χ1n) is 6.79. The first kappa shape index (κ1) is 13.4. The highest BCUT2D eigenvalue weighted by molar-refractivity contribution is 5.51. The van der Waals surface area contributed by atoms with Crippen LogP contribution in [0.15, 0.2) is 0 Å². The van der Waals surface area contributed by atoms with Gasteiger partial charge in [-0.3, -0.25) is 4.68 Å². The van der Waals surface area contributed by atoms with Gasteiger partial charge >= 0.3 is 0 Å². The van der Waals surface area contributed by atoms with Crippen molar-refractivity contribution in [3.63, 3.8) is 0 Å². The molecule has 0 aromatic carbocycles. The molecular weight excluding hydrogens is 228 g/mol. The summed E-state index contributed by atoms with van der Waals surface area (Å²) in [5, 5.41) is 13.7. The van der Waals surface area contributed by atoms with E-state index in [1.54, 1.807) is 0 Å². The maximum Gasteiger partial charge on any atom is 0.131 e. The van der Waals surface area contributed by atoms with Crippen molar-refractivity contribution in [1.29, 1.82) is 0 Å². The molecule has 0 saturated carbocycles. The molecule has 102 valence electrons. The van der Waals surface area contributed by atoms with E-state index in [9.17, 15) is 5.11 Å². The molecule has 1 aliphatic rings. The van der Waals surface area contributed by atoms with E-state index in [4.69, 9.17) is 5.73 Å². The largest absolute Gasteiger partial charge is 0.396 e. The Morgan fingerprint density at radius 3 is 2.89 bits per heavy atom. The van der Waals surface area contributed by atoms with E-state index in [0.717, 1.165) is 36.5 Å². The third-order valence-corrected chi connectivity index (χ3v) is 3.88. The van der Waals surface area contributed by atoms with E-state index in [1.807, 2.05) is 18.7 Å². The molecule has 0 aliphatic carbocycles. The summed E-state index contributed by atoms with van der Waals surface area (Å²) in [7, 11) is 1.98. The number of rotatable bonds is 4. The van der Waals surface area contributed by atoms with Crippen LogP contribution in [0.25, 0.3) is 0 Å². The average molecular weight is 252 g/mol. The fourth-order valence-corrected chi connectivity index (χ4v) is 3.02. The monoisotopic (exact) mass is 252 g/mol. The standard InChI is InChI=1S/C13H24N4O/c1-10-12(9-14)13(16(2)15-10)17-7-4-3-5-11(17)6-8-18/h11,18H,3-9,14H2,1-2H3. The Morgan fingerprint density at radius 1 is 1.44 bits per heavy atom. The third kappa shape index (κ3) is 2.37. The number of hydrogen-bond donors (Lipinski definition) is 2. The smallest absolute Gasteiger partial charge is 0.131 e. The van der Waals surface area contributed by atoms with Crippen molar-refractivity contribution in [3.8, 4) is 0 Å². The van der Waals surface area contributed by atoms with Gasteiger partial charge in [0.25, 0.3) is 0 Å². The Kier molecular flexibility index (Phi) is 4.24. The van der Waals surface area contributed by atoms with Crippen molar-refractivity contribution >= 4 is 5.82 Å². The van der Waals surface area contributed by atoms with Gasteiger partial charge in [-0.15, -0.1) is 0 Å². The zero-order valence-electron chi connectivity index (χ0n) is 11.4. The number of nitrogens with zero attached hydrogens (tertiary/aromatic N) is 3. The zero-order valence-corrected chi connectivity index (χ0v) is 11.4. The first-order chi connectivity index (χ1) is 8.69. The summed E-state index contributed by atoms with van der Waals surface area (Å²) in [4.78, 5) is 2.39. The molecule has 0 spiro atoms. The molecule has 1 atom stereocenters. The van der Waals surface area contributed by atoms with E-state index in [0.29, 0.717) is 12.6 Å². The fourth-order valence-electron chi connectivity index (χ4n) is 3.02. The van der Waals surface area contributed by atoms with Gasteiger partial charge in [0, 0.05) is 38.3 Å². The Labute approximate surface area is 109 Å². The van der Waals surface area contributed by atoms with E-state index >= 15 is 0 Å². The van der Waals surface area contributed by atoms with Crippen LogP contribution in [0.5, 0.6) is 0 Å². The van der Waals surface area contributed by atoms with Crippen molar-refractivity contribution in [2.24, 2.45) is 12.8 Å². The number of aliphatic hydroxyl groups is 1. The normalized spacial score (nSPS) is 20.4. The number of hydrogen-bond acceptors (Lipinski definition) is 4. The molecule has 1 aromatic rings. The molecule has 2 heterocycles. The van der Waals surface area contributed by atoms with Crippen molar-refractivity contribution in [2.75, 3.05) is 18.1 Å². The Balaban J connectivity index is 2.32. The van der Waals surface area contributed by atoms with Gasteiger partial charge in [0.2, 0.25) is 0 Å². The molecule has 1 aromatic heterocycles. The third-order valence-electron chi connectivity index (χ3n) is 3.88. The predicted octanol–water partition coefficient (Wildman–Crippen LogP) is 0.929. The lowest BCUT2D eigenvalue weighted by Gasteiger charge is -2.37. The average Bonchev–Trinajstić information content (AvgIpc) is 2.64. The van der Waals surface area contributed by atoms with Gasteiger partial charge < -0.3 is 15.7 Å². The SMILES string of the molecule is Cc1nn(C)c(N2CCCCC2CCO)c1CN. The minimum Gasteiger partial charge on any atom is -0.396 e. The molecule has 0 bridgehead atoms. The number of aliphatic hydroxyl groups excluding tert-OH is 1. The summed E-state index contributed by atoms with van der Waals surface area (Å²) in [5.41, 5.74) is 8.02. The topological polar surface area (TPSA) is 67.3 Å². The second-order valence-corrected chi connectivity index (χ2v) is 5.07. The van der Waals surface area contributed by atoms with Gasteiger partial charge in [-0.25, -0.2) is 0 Å². The van der Waals surface area contributed by atoms with Gasteiger partial charge in [-0.05, 0) is 32.6 Å². The first-order valence-corrected chi connectivity index (χ1v) is 6.79. The molecular formula is C13H24N4O. The molecule has 1 aliphatic heterocycles. The fraction of sp³-hybridized carbons (Fsp3) is 0.769. The molecule has 5 heteroatoms. The van der Waals surface area contributed by atoms with Gasteiger partial charge in [0.05, 0.1) is 5.69 Å². The van der Waals surface area contributed by atoms with Crippen molar-refractivity contribution in [2.45, 2.75) is 45.2 Å². The lowest BCUT2D eigenvalue weighted by Crippen LogP contribution is -2.41. The number of nitrogens with two attached hydrogens (primary N) is 1. The number of anilines is 1. The van der Waals surface area contributed by atoms with Crippen LogP contribution in [0.1, 0.15) is 36.9 Å². The molecule has 18 heavy (non-hydrogen) atoms. The minimum absolute atomic E-state index is 0.246. The summed E-state index contributed by atoms with van der Waals surface area (Å²) >= 11 is 0. The summed E-state index contributed by atoms with van der Waals surface area (Å²) < 4.78 is 1.94. The van der Waals surface area contributed by atoms with E-state index in [1.165, 1.54) is 12.8 Å². The minimum atomic E-state index is 0.246. The molecule has 2 rings (SSSR count). The molecule has 1 fully saturated rings. The van der Waals surface area contributed by atoms with Crippen LogP contribution in [0.2, 0.25) is 0 Å². The maximum atomic E-state index is 9.21. The van der Waals surface area contributed by atoms with E-state index < -0.39 is 0 Å².